The van der Waals surface area contributed by atoms with Crippen LogP contribution < -0.4 is 0 Å². The molecule has 114 valence electrons. The number of aliphatic hydroxyl groups is 1. The van der Waals surface area contributed by atoms with Gasteiger partial charge in [0, 0.05) is 22.8 Å². The molecule has 1 atom stereocenters. The molecule has 0 fully saturated rings. The zero-order valence-corrected chi connectivity index (χ0v) is 13.1. The van der Waals surface area contributed by atoms with Crippen LogP contribution in [0.2, 0.25) is 0 Å². The lowest BCUT2D eigenvalue weighted by Gasteiger charge is -2.14. The second-order valence-corrected chi connectivity index (χ2v) is 7.01. The Kier molecular flexibility index (Phi) is 4.74. The first-order valence-corrected chi connectivity index (χ1v) is 7.66. The van der Waals surface area contributed by atoms with Crippen LogP contribution in [-0.4, -0.2) is 10.1 Å². The minimum atomic E-state index is -2.52. The highest BCUT2D eigenvalue weighted by atomic mass is 32.1. The lowest BCUT2D eigenvalue weighted by molar-refractivity contribution is 0.149. The van der Waals surface area contributed by atoms with Crippen molar-refractivity contribution in [3.63, 3.8) is 0 Å². The maximum absolute atomic E-state index is 12.7. The van der Waals surface area contributed by atoms with Gasteiger partial charge in [-0.1, -0.05) is 39.0 Å². The maximum Gasteiger partial charge on any atom is 0.263 e. The third-order valence-corrected chi connectivity index (χ3v) is 4.11. The van der Waals surface area contributed by atoms with E-state index in [9.17, 15) is 13.9 Å². The molecule has 1 aromatic heterocycles. The van der Waals surface area contributed by atoms with Gasteiger partial charge in [0.25, 0.3) is 6.43 Å². The van der Waals surface area contributed by atoms with Crippen molar-refractivity contribution in [2.45, 2.75) is 45.1 Å². The van der Waals surface area contributed by atoms with Gasteiger partial charge in [0.2, 0.25) is 0 Å². The molecule has 0 aliphatic carbocycles. The largest absolute Gasteiger partial charge is 0.388 e. The van der Waals surface area contributed by atoms with Crippen LogP contribution in [0.5, 0.6) is 0 Å². The van der Waals surface area contributed by atoms with Crippen molar-refractivity contribution in [1.82, 2.24) is 4.98 Å². The highest BCUT2D eigenvalue weighted by Gasteiger charge is 2.19. The zero-order valence-electron chi connectivity index (χ0n) is 12.3. The molecule has 1 unspecified atom stereocenters. The molecule has 1 aromatic carbocycles. The van der Waals surface area contributed by atoms with E-state index >= 15 is 0 Å². The number of hydrogen-bond acceptors (Lipinski definition) is 3. The summed E-state index contributed by atoms with van der Waals surface area (Å²) in [6, 6.07) is 5.92. The maximum atomic E-state index is 12.7. The van der Waals surface area contributed by atoms with Gasteiger partial charge in [0.1, 0.15) is 0 Å². The normalized spacial score (nSPS) is 13.7. The van der Waals surface area contributed by atoms with Crippen LogP contribution in [-0.2, 0) is 11.8 Å². The quantitative estimate of drug-likeness (QED) is 0.891. The van der Waals surface area contributed by atoms with Crippen LogP contribution >= 0.6 is 11.3 Å². The number of nitrogens with zero attached hydrogens (tertiary/aromatic N) is 1. The third kappa shape index (κ3) is 4.08. The van der Waals surface area contributed by atoms with E-state index in [-0.39, 0.29) is 11.0 Å². The van der Waals surface area contributed by atoms with Crippen molar-refractivity contribution in [2.75, 3.05) is 0 Å². The number of benzene rings is 1. The number of thiazole rings is 1. The Morgan fingerprint density at radius 1 is 1.24 bits per heavy atom. The fraction of sp³-hybridized carbons (Fsp3) is 0.438. The minimum Gasteiger partial charge on any atom is -0.388 e. The van der Waals surface area contributed by atoms with Crippen LogP contribution in [0.4, 0.5) is 8.78 Å². The Labute approximate surface area is 127 Å². The Morgan fingerprint density at radius 2 is 1.90 bits per heavy atom. The Hall–Kier alpha value is -1.33. The van der Waals surface area contributed by atoms with E-state index in [4.69, 9.17) is 0 Å². The van der Waals surface area contributed by atoms with Crippen molar-refractivity contribution in [3.05, 3.63) is 51.5 Å². The minimum absolute atomic E-state index is 0.0324. The summed E-state index contributed by atoms with van der Waals surface area (Å²) in [4.78, 5) is 4.51. The highest BCUT2D eigenvalue weighted by Crippen LogP contribution is 2.28. The van der Waals surface area contributed by atoms with Gasteiger partial charge >= 0.3 is 0 Å². The van der Waals surface area contributed by atoms with E-state index in [0.717, 1.165) is 10.7 Å². The summed E-state index contributed by atoms with van der Waals surface area (Å²) in [7, 11) is 0. The van der Waals surface area contributed by atoms with E-state index in [0.29, 0.717) is 12.0 Å². The second kappa shape index (κ2) is 6.20. The van der Waals surface area contributed by atoms with Crippen LogP contribution in [0.3, 0.4) is 0 Å². The first-order valence-electron chi connectivity index (χ1n) is 6.78. The number of aromatic nitrogens is 1. The average molecular weight is 311 g/mol. The molecule has 5 heteroatoms. The molecule has 0 bridgehead atoms. The molecule has 0 saturated heterocycles. The number of alkyl halides is 2. The van der Waals surface area contributed by atoms with Gasteiger partial charge in [0.15, 0.2) is 0 Å². The predicted octanol–water partition coefficient (Wildman–Crippen LogP) is 4.65. The van der Waals surface area contributed by atoms with Gasteiger partial charge in [0.05, 0.1) is 16.8 Å². The molecule has 2 nitrogen and oxygen atoms in total. The van der Waals surface area contributed by atoms with Gasteiger partial charge in [-0.2, -0.15) is 0 Å². The monoisotopic (exact) mass is 311 g/mol. The van der Waals surface area contributed by atoms with E-state index in [1.54, 1.807) is 12.1 Å². The van der Waals surface area contributed by atoms with Crippen LogP contribution in [0.1, 0.15) is 55.1 Å². The smallest absolute Gasteiger partial charge is 0.263 e. The predicted molar refractivity (Wildman–Crippen MR) is 80.9 cm³/mol. The molecular weight excluding hydrogens is 292 g/mol. The van der Waals surface area contributed by atoms with Gasteiger partial charge in [-0.15, -0.1) is 11.3 Å². The Balaban J connectivity index is 2.12. The first kappa shape index (κ1) is 16.0. The summed E-state index contributed by atoms with van der Waals surface area (Å²) in [5, 5.41) is 13.0. The summed E-state index contributed by atoms with van der Waals surface area (Å²) in [5.41, 5.74) is 1.38. The highest BCUT2D eigenvalue weighted by molar-refractivity contribution is 7.09. The second-order valence-electron chi connectivity index (χ2n) is 6.07. The standard InChI is InChI=1S/C16H19F2NOS/c1-16(2,3)13-9-21-14(19-13)8-12(20)10-5-4-6-11(7-10)15(17)18/h4-7,9,12,15,20H,8H2,1-3H3. The third-order valence-electron chi connectivity index (χ3n) is 3.24. The molecule has 0 aliphatic heterocycles. The summed E-state index contributed by atoms with van der Waals surface area (Å²) in [5.74, 6) is 0. The number of halogens is 2. The number of hydrogen-bond donors (Lipinski definition) is 1. The van der Waals surface area contributed by atoms with Crippen molar-refractivity contribution >= 4 is 11.3 Å². The molecular formula is C16H19F2NOS. The summed E-state index contributed by atoms with van der Waals surface area (Å²) in [6.07, 6.45) is -3.00. The van der Waals surface area contributed by atoms with Crippen LogP contribution in [0.25, 0.3) is 0 Å². The molecule has 2 rings (SSSR count). The molecule has 0 spiro atoms. The number of rotatable bonds is 4. The first-order chi connectivity index (χ1) is 9.77. The molecule has 1 N–H and O–H groups in total. The van der Waals surface area contributed by atoms with Gasteiger partial charge in [-0.3, -0.25) is 0 Å². The van der Waals surface area contributed by atoms with E-state index in [2.05, 4.69) is 25.8 Å². The van der Waals surface area contributed by atoms with Crippen molar-refractivity contribution < 1.29 is 13.9 Å². The molecule has 0 saturated carbocycles. The SMILES string of the molecule is CC(C)(C)c1csc(CC(O)c2cccc(C(F)F)c2)n1. The summed E-state index contributed by atoms with van der Waals surface area (Å²) < 4.78 is 25.4. The lowest BCUT2D eigenvalue weighted by Crippen LogP contribution is -2.12. The molecule has 0 aliphatic rings. The van der Waals surface area contributed by atoms with Gasteiger partial charge in [-0.25, -0.2) is 13.8 Å². The van der Waals surface area contributed by atoms with E-state index < -0.39 is 12.5 Å². The van der Waals surface area contributed by atoms with Crippen LogP contribution in [0, 0.1) is 0 Å². The average Bonchev–Trinajstić information content (AvgIpc) is 2.87. The molecule has 21 heavy (non-hydrogen) atoms. The van der Waals surface area contributed by atoms with Crippen molar-refractivity contribution in [2.24, 2.45) is 0 Å². The topological polar surface area (TPSA) is 33.1 Å². The Morgan fingerprint density at radius 3 is 2.48 bits per heavy atom. The lowest BCUT2D eigenvalue weighted by atomic mass is 9.93. The summed E-state index contributed by atoms with van der Waals surface area (Å²) in [6.45, 7) is 6.23. The van der Waals surface area contributed by atoms with Crippen LogP contribution in [0.15, 0.2) is 29.6 Å². The van der Waals surface area contributed by atoms with E-state index in [1.807, 2.05) is 5.38 Å². The van der Waals surface area contributed by atoms with Crippen molar-refractivity contribution in [1.29, 1.82) is 0 Å². The number of aliphatic hydroxyl groups excluding tert-OH is 1. The van der Waals surface area contributed by atoms with E-state index in [1.165, 1.54) is 23.5 Å². The fourth-order valence-corrected chi connectivity index (χ4v) is 2.99. The van der Waals surface area contributed by atoms with Crippen molar-refractivity contribution in [3.8, 4) is 0 Å². The van der Waals surface area contributed by atoms with Gasteiger partial charge < -0.3 is 5.11 Å². The fourth-order valence-electron chi connectivity index (χ4n) is 1.93. The zero-order chi connectivity index (χ0) is 15.6. The van der Waals surface area contributed by atoms with Gasteiger partial charge in [-0.05, 0) is 11.6 Å². The molecule has 0 radical (unpaired) electrons. The molecule has 1 heterocycles. The Bertz CT molecular complexity index is 604. The molecule has 2 aromatic rings. The summed E-state index contributed by atoms with van der Waals surface area (Å²) >= 11 is 1.49. The molecule has 0 amide bonds.